The van der Waals surface area contributed by atoms with Crippen molar-refractivity contribution < 1.29 is 4.79 Å². The minimum absolute atomic E-state index is 0.181. The van der Waals surface area contributed by atoms with E-state index in [0.29, 0.717) is 0 Å². The molecule has 0 fully saturated rings. The Morgan fingerprint density at radius 1 is 1.69 bits per heavy atom. The predicted octanol–water partition coefficient (Wildman–Crippen LogP) is 1.58. The van der Waals surface area contributed by atoms with E-state index in [4.69, 9.17) is 0 Å². The second kappa shape index (κ2) is 4.80. The summed E-state index contributed by atoms with van der Waals surface area (Å²) in [6, 6.07) is 0. The second-order valence-corrected chi connectivity index (χ2v) is 3.46. The molecule has 0 amide bonds. The molecule has 1 aromatic heterocycles. The topological polar surface area (TPSA) is 34.9 Å². The van der Waals surface area contributed by atoms with E-state index in [1.807, 2.05) is 24.7 Å². The van der Waals surface area contributed by atoms with Crippen LogP contribution in [-0.2, 0) is 18.3 Å². The van der Waals surface area contributed by atoms with Crippen molar-refractivity contribution in [1.29, 1.82) is 0 Å². The van der Waals surface area contributed by atoms with E-state index in [2.05, 4.69) is 4.98 Å². The molecule has 0 aliphatic rings. The van der Waals surface area contributed by atoms with Crippen LogP contribution in [0.25, 0.3) is 0 Å². The first-order valence-corrected chi connectivity index (χ1v) is 4.65. The number of hydrogen-bond donors (Lipinski definition) is 0. The van der Waals surface area contributed by atoms with Gasteiger partial charge in [-0.05, 0) is 12.8 Å². The molecule has 0 bridgehead atoms. The monoisotopic (exact) mass is 180 g/mol. The van der Waals surface area contributed by atoms with Gasteiger partial charge in [0.1, 0.15) is 12.1 Å². The third-order valence-electron chi connectivity index (χ3n) is 2.21. The molecule has 13 heavy (non-hydrogen) atoms. The molecule has 1 atom stereocenters. The van der Waals surface area contributed by atoms with Gasteiger partial charge in [0.25, 0.3) is 0 Å². The zero-order valence-electron chi connectivity index (χ0n) is 8.23. The van der Waals surface area contributed by atoms with Gasteiger partial charge in [0.05, 0.1) is 0 Å². The molecular weight excluding hydrogens is 164 g/mol. The molecule has 0 radical (unpaired) electrons. The highest BCUT2D eigenvalue weighted by Gasteiger charge is 2.02. The Balaban J connectivity index is 2.27. The number of carbonyl (C=O) groups is 1. The molecule has 0 aromatic carbocycles. The van der Waals surface area contributed by atoms with Gasteiger partial charge >= 0.3 is 0 Å². The Hall–Kier alpha value is -1.12. The van der Waals surface area contributed by atoms with Gasteiger partial charge in [0, 0.05) is 31.8 Å². The zero-order chi connectivity index (χ0) is 9.68. The van der Waals surface area contributed by atoms with Crippen LogP contribution in [0.2, 0.25) is 0 Å². The minimum Gasteiger partial charge on any atom is -0.338 e. The summed E-state index contributed by atoms with van der Waals surface area (Å²) in [5, 5.41) is 0. The largest absolute Gasteiger partial charge is 0.338 e. The molecular formula is C10H16N2O. The first kappa shape index (κ1) is 9.96. The number of aromatic nitrogens is 2. The van der Waals surface area contributed by atoms with Crippen molar-refractivity contribution in [3.05, 3.63) is 18.2 Å². The molecule has 1 aromatic rings. The Kier molecular flexibility index (Phi) is 3.68. The van der Waals surface area contributed by atoms with Crippen molar-refractivity contribution >= 4 is 6.29 Å². The summed E-state index contributed by atoms with van der Waals surface area (Å²) in [6.45, 7) is 1.95. The third-order valence-corrected chi connectivity index (χ3v) is 2.21. The SMILES string of the molecule is CC(C=O)CCCc1nccn1C. The van der Waals surface area contributed by atoms with Crippen LogP contribution in [0.15, 0.2) is 12.4 Å². The van der Waals surface area contributed by atoms with Crippen LogP contribution in [0, 0.1) is 5.92 Å². The summed E-state index contributed by atoms with van der Waals surface area (Å²) >= 11 is 0. The molecule has 0 aliphatic heterocycles. The number of aldehydes is 1. The van der Waals surface area contributed by atoms with E-state index in [1.54, 1.807) is 6.20 Å². The molecule has 0 N–H and O–H groups in total. The molecule has 3 nitrogen and oxygen atoms in total. The molecule has 0 saturated heterocycles. The van der Waals surface area contributed by atoms with Crippen LogP contribution in [0.4, 0.5) is 0 Å². The summed E-state index contributed by atoms with van der Waals surface area (Å²) < 4.78 is 2.02. The molecule has 1 heterocycles. The van der Waals surface area contributed by atoms with Crippen LogP contribution < -0.4 is 0 Å². The summed E-state index contributed by atoms with van der Waals surface area (Å²) in [5.74, 6) is 1.28. The van der Waals surface area contributed by atoms with Gasteiger partial charge in [-0.3, -0.25) is 0 Å². The Morgan fingerprint density at radius 2 is 2.46 bits per heavy atom. The number of hydrogen-bond acceptors (Lipinski definition) is 2. The Bertz CT molecular complexity index is 268. The first-order chi connectivity index (χ1) is 6.24. The third kappa shape index (κ3) is 3.01. The minimum atomic E-state index is 0.181. The molecule has 0 saturated carbocycles. The van der Waals surface area contributed by atoms with Gasteiger partial charge in [-0.1, -0.05) is 6.92 Å². The lowest BCUT2D eigenvalue weighted by Gasteiger charge is -2.03. The fourth-order valence-corrected chi connectivity index (χ4v) is 1.29. The average Bonchev–Trinajstić information content (AvgIpc) is 2.52. The Labute approximate surface area is 78.8 Å². The molecule has 1 rings (SSSR count). The normalized spacial score (nSPS) is 12.8. The number of rotatable bonds is 5. The van der Waals surface area contributed by atoms with Gasteiger partial charge in [-0.15, -0.1) is 0 Å². The molecule has 1 unspecified atom stereocenters. The summed E-state index contributed by atoms with van der Waals surface area (Å²) in [7, 11) is 1.99. The van der Waals surface area contributed by atoms with Crippen molar-refractivity contribution in [3.8, 4) is 0 Å². The summed E-state index contributed by atoms with van der Waals surface area (Å²) in [6.07, 6.45) is 7.71. The second-order valence-electron chi connectivity index (χ2n) is 3.46. The van der Waals surface area contributed by atoms with E-state index in [9.17, 15) is 4.79 Å². The molecule has 72 valence electrons. The van der Waals surface area contributed by atoms with Crippen molar-refractivity contribution in [1.82, 2.24) is 9.55 Å². The maximum absolute atomic E-state index is 10.3. The quantitative estimate of drug-likeness (QED) is 0.645. The lowest BCUT2D eigenvalue weighted by atomic mass is 10.1. The lowest BCUT2D eigenvalue weighted by Crippen LogP contribution is -2.00. The van der Waals surface area contributed by atoms with E-state index in [-0.39, 0.29) is 5.92 Å². The van der Waals surface area contributed by atoms with Crippen LogP contribution in [-0.4, -0.2) is 15.8 Å². The van der Waals surface area contributed by atoms with Gasteiger partial charge < -0.3 is 9.36 Å². The first-order valence-electron chi connectivity index (χ1n) is 4.65. The van der Waals surface area contributed by atoms with E-state index in [0.717, 1.165) is 31.4 Å². The van der Waals surface area contributed by atoms with Crippen LogP contribution in [0.5, 0.6) is 0 Å². The number of imidazole rings is 1. The fourth-order valence-electron chi connectivity index (χ4n) is 1.29. The lowest BCUT2D eigenvalue weighted by molar-refractivity contribution is -0.110. The summed E-state index contributed by atoms with van der Waals surface area (Å²) in [4.78, 5) is 14.6. The Morgan fingerprint density at radius 3 is 3.00 bits per heavy atom. The fraction of sp³-hybridized carbons (Fsp3) is 0.600. The van der Waals surface area contributed by atoms with Gasteiger partial charge in [0.2, 0.25) is 0 Å². The van der Waals surface area contributed by atoms with Crippen molar-refractivity contribution in [3.63, 3.8) is 0 Å². The van der Waals surface area contributed by atoms with Crippen LogP contribution in [0.3, 0.4) is 0 Å². The maximum atomic E-state index is 10.3. The number of carbonyl (C=O) groups excluding carboxylic acids is 1. The smallest absolute Gasteiger partial charge is 0.122 e. The van der Waals surface area contributed by atoms with E-state index in [1.165, 1.54) is 0 Å². The molecule has 3 heteroatoms. The highest BCUT2D eigenvalue weighted by molar-refractivity contribution is 5.52. The van der Waals surface area contributed by atoms with E-state index >= 15 is 0 Å². The van der Waals surface area contributed by atoms with Crippen molar-refractivity contribution in [2.45, 2.75) is 26.2 Å². The predicted molar refractivity (Wildman–Crippen MR) is 51.4 cm³/mol. The van der Waals surface area contributed by atoms with E-state index < -0.39 is 0 Å². The number of aryl methyl sites for hydroxylation is 2. The average molecular weight is 180 g/mol. The van der Waals surface area contributed by atoms with Gasteiger partial charge in [-0.25, -0.2) is 4.98 Å². The molecule has 0 spiro atoms. The van der Waals surface area contributed by atoms with Crippen LogP contribution >= 0.6 is 0 Å². The van der Waals surface area contributed by atoms with Gasteiger partial charge in [-0.2, -0.15) is 0 Å². The zero-order valence-corrected chi connectivity index (χ0v) is 8.23. The number of nitrogens with zero attached hydrogens (tertiary/aromatic N) is 2. The van der Waals surface area contributed by atoms with Crippen LogP contribution in [0.1, 0.15) is 25.6 Å². The summed E-state index contributed by atoms with van der Waals surface area (Å²) in [5.41, 5.74) is 0. The highest BCUT2D eigenvalue weighted by atomic mass is 16.1. The van der Waals surface area contributed by atoms with Crippen molar-refractivity contribution in [2.24, 2.45) is 13.0 Å². The molecule has 0 aliphatic carbocycles. The maximum Gasteiger partial charge on any atom is 0.122 e. The standard InChI is InChI=1S/C10H16N2O/c1-9(8-13)4-3-5-10-11-6-7-12(10)2/h6-9H,3-5H2,1-2H3. The van der Waals surface area contributed by atoms with Gasteiger partial charge in [0.15, 0.2) is 0 Å². The highest BCUT2D eigenvalue weighted by Crippen LogP contribution is 2.06. The van der Waals surface area contributed by atoms with Crippen molar-refractivity contribution in [2.75, 3.05) is 0 Å².